The van der Waals surface area contributed by atoms with E-state index in [0.29, 0.717) is 25.1 Å². The first-order valence-electron chi connectivity index (χ1n) is 9.72. The lowest BCUT2D eigenvalue weighted by atomic mass is 9.98. The minimum atomic E-state index is -3.88. The monoisotopic (exact) mass is 465 g/mol. The minimum absolute atomic E-state index is 0.0198. The topological polar surface area (TPSA) is 119 Å². The quantitative estimate of drug-likeness (QED) is 0.650. The Morgan fingerprint density at radius 3 is 2.58 bits per heavy atom. The van der Waals surface area contributed by atoms with Crippen molar-refractivity contribution in [1.82, 2.24) is 4.31 Å². The van der Waals surface area contributed by atoms with E-state index < -0.39 is 21.8 Å². The number of hydrogen-bond donors (Lipinski definition) is 2. The van der Waals surface area contributed by atoms with Crippen molar-refractivity contribution < 1.29 is 22.7 Å². The predicted molar refractivity (Wildman–Crippen MR) is 117 cm³/mol. The summed E-state index contributed by atoms with van der Waals surface area (Å²) in [5.41, 5.74) is 6.49. The van der Waals surface area contributed by atoms with E-state index >= 15 is 0 Å². The highest BCUT2D eigenvalue weighted by molar-refractivity contribution is 7.89. The first-order valence-corrected chi connectivity index (χ1v) is 11.5. The van der Waals surface area contributed by atoms with Crippen LogP contribution in [0.5, 0.6) is 5.75 Å². The molecule has 3 N–H and O–H groups in total. The number of primary amides is 1. The summed E-state index contributed by atoms with van der Waals surface area (Å²) in [4.78, 5) is 23.7. The molecule has 0 spiro atoms. The Hall–Kier alpha value is -2.62. The number of piperidine rings is 1. The van der Waals surface area contributed by atoms with E-state index in [1.807, 2.05) is 0 Å². The zero-order valence-corrected chi connectivity index (χ0v) is 18.6. The van der Waals surface area contributed by atoms with Crippen LogP contribution in [0.25, 0.3) is 0 Å². The standard InChI is InChI=1S/C21H24ClN3O5S/c1-30-18-9-6-16(22)12-19(18)31(28,29)25-10-2-3-15(13-25)21(27)24-17-7-4-14(5-8-17)11-20(23)26/h4-9,12,15H,2-3,10-11,13H2,1H3,(H2,23,26)(H,24,27)/t15-/m0/s1. The van der Waals surface area contributed by atoms with Crippen LogP contribution in [-0.4, -0.2) is 44.7 Å². The fraction of sp³-hybridized carbons (Fsp3) is 0.333. The number of carbonyl (C=O) groups excluding carboxylic acids is 2. The van der Waals surface area contributed by atoms with Gasteiger partial charge in [-0.1, -0.05) is 23.7 Å². The smallest absolute Gasteiger partial charge is 0.246 e. The summed E-state index contributed by atoms with van der Waals surface area (Å²) in [6, 6.07) is 11.2. The normalized spacial score (nSPS) is 17.2. The van der Waals surface area contributed by atoms with Crippen molar-refractivity contribution >= 4 is 39.1 Å². The summed E-state index contributed by atoms with van der Waals surface area (Å²) < 4.78 is 32.9. The molecule has 0 bridgehead atoms. The number of amides is 2. The Morgan fingerprint density at radius 1 is 1.23 bits per heavy atom. The van der Waals surface area contributed by atoms with Crippen molar-refractivity contribution in [3.05, 3.63) is 53.1 Å². The molecule has 31 heavy (non-hydrogen) atoms. The van der Waals surface area contributed by atoms with Crippen LogP contribution in [0.3, 0.4) is 0 Å². The van der Waals surface area contributed by atoms with Gasteiger partial charge in [-0.05, 0) is 48.7 Å². The van der Waals surface area contributed by atoms with Crippen molar-refractivity contribution in [2.45, 2.75) is 24.2 Å². The van der Waals surface area contributed by atoms with Crippen molar-refractivity contribution in [3.8, 4) is 5.75 Å². The van der Waals surface area contributed by atoms with Gasteiger partial charge in [-0.25, -0.2) is 8.42 Å². The van der Waals surface area contributed by atoms with E-state index in [4.69, 9.17) is 22.1 Å². The van der Waals surface area contributed by atoms with E-state index in [2.05, 4.69) is 5.32 Å². The van der Waals surface area contributed by atoms with Gasteiger partial charge in [0.05, 0.1) is 19.4 Å². The highest BCUT2D eigenvalue weighted by Crippen LogP contribution is 2.32. The predicted octanol–water partition coefficient (Wildman–Crippen LogP) is 2.42. The van der Waals surface area contributed by atoms with E-state index in [9.17, 15) is 18.0 Å². The number of ether oxygens (including phenoxy) is 1. The molecule has 2 aromatic carbocycles. The number of nitrogens with one attached hydrogen (secondary N) is 1. The van der Waals surface area contributed by atoms with Crippen molar-refractivity contribution in [2.24, 2.45) is 11.7 Å². The summed E-state index contributed by atoms with van der Waals surface area (Å²) in [5.74, 6) is -0.997. The lowest BCUT2D eigenvalue weighted by Crippen LogP contribution is -2.43. The van der Waals surface area contributed by atoms with Gasteiger partial charge in [-0.3, -0.25) is 9.59 Å². The summed E-state index contributed by atoms with van der Waals surface area (Å²) in [7, 11) is -2.49. The maximum atomic E-state index is 13.2. The second-order valence-corrected chi connectivity index (χ2v) is 9.67. The Labute approximate surface area is 186 Å². The lowest BCUT2D eigenvalue weighted by molar-refractivity contribution is -0.121. The fourth-order valence-corrected chi connectivity index (χ4v) is 5.46. The number of sulfonamides is 1. The molecular formula is C21H24ClN3O5S. The summed E-state index contributed by atoms with van der Waals surface area (Å²) in [6.07, 6.45) is 1.25. The van der Waals surface area contributed by atoms with Gasteiger partial charge in [0.2, 0.25) is 21.8 Å². The van der Waals surface area contributed by atoms with E-state index in [-0.39, 0.29) is 34.5 Å². The summed E-state index contributed by atoms with van der Waals surface area (Å²) in [5, 5.41) is 3.10. The molecule has 0 aromatic heterocycles. The Kier molecular flexibility index (Phi) is 7.19. The zero-order valence-electron chi connectivity index (χ0n) is 17.0. The van der Waals surface area contributed by atoms with Gasteiger partial charge in [0.15, 0.2) is 0 Å². The van der Waals surface area contributed by atoms with Gasteiger partial charge in [0.25, 0.3) is 0 Å². The Balaban J connectivity index is 1.72. The molecule has 1 saturated heterocycles. The maximum absolute atomic E-state index is 13.2. The SMILES string of the molecule is COc1ccc(Cl)cc1S(=O)(=O)N1CCC[C@H](C(=O)Nc2ccc(CC(N)=O)cc2)C1. The molecule has 1 fully saturated rings. The molecule has 0 saturated carbocycles. The molecule has 2 amide bonds. The van der Waals surface area contributed by atoms with Crippen LogP contribution in [-0.2, 0) is 26.0 Å². The largest absolute Gasteiger partial charge is 0.495 e. The number of methoxy groups -OCH3 is 1. The molecule has 3 rings (SSSR count). The number of halogens is 1. The highest BCUT2D eigenvalue weighted by atomic mass is 35.5. The van der Waals surface area contributed by atoms with Crippen LogP contribution in [0.4, 0.5) is 5.69 Å². The van der Waals surface area contributed by atoms with E-state index in [1.165, 1.54) is 23.5 Å². The molecule has 1 aliphatic heterocycles. The number of anilines is 1. The van der Waals surface area contributed by atoms with Crippen LogP contribution in [0, 0.1) is 5.92 Å². The third-order valence-corrected chi connectivity index (χ3v) is 7.22. The molecule has 1 atom stereocenters. The van der Waals surface area contributed by atoms with Gasteiger partial charge >= 0.3 is 0 Å². The first-order chi connectivity index (χ1) is 14.7. The van der Waals surface area contributed by atoms with Crippen molar-refractivity contribution in [1.29, 1.82) is 0 Å². The molecule has 8 nitrogen and oxygen atoms in total. The number of nitrogens with two attached hydrogens (primary N) is 1. The summed E-state index contributed by atoms with van der Waals surface area (Å²) in [6.45, 7) is 0.368. The van der Waals surface area contributed by atoms with Gasteiger partial charge in [0, 0.05) is 23.8 Å². The summed E-state index contributed by atoms with van der Waals surface area (Å²) >= 11 is 6.00. The van der Waals surface area contributed by atoms with Crippen LogP contribution >= 0.6 is 11.6 Å². The molecular weight excluding hydrogens is 442 g/mol. The third-order valence-electron chi connectivity index (χ3n) is 5.10. The van der Waals surface area contributed by atoms with Crippen molar-refractivity contribution in [3.63, 3.8) is 0 Å². The minimum Gasteiger partial charge on any atom is -0.495 e. The number of hydrogen-bond acceptors (Lipinski definition) is 5. The molecule has 0 aliphatic carbocycles. The average molecular weight is 466 g/mol. The number of nitrogens with zero attached hydrogens (tertiary/aromatic N) is 1. The molecule has 0 radical (unpaired) electrons. The molecule has 1 heterocycles. The number of carbonyl (C=O) groups is 2. The number of benzene rings is 2. The van der Waals surface area contributed by atoms with Crippen molar-refractivity contribution in [2.75, 3.05) is 25.5 Å². The van der Waals surface area contributed by atoms with Gasteiger partial charge in [0.1, 0.15) is 10.6 Å². The highest BCUT2D eigenvalue weighted by Gasteiger charge is 2.35. The Bertz CT molecular complexity index is 1070. The third kappa shape index (κ3) is 5.55. The van der Waals surface area contributed by atoms with Crippen LogP contribution in [0.1, 0.15) is 18.4 Å². The molecule has 1 aliphatic rings. The van der Waals surface area contributed by atoms with Crippen LogP contribution in [0.2, 0.25) is 5.02 Å². The molecule has 166 valence electrons. The fourth-order valence-electron chi connectivity index (χ4n) is 3.52. The van der Waals surface area contributed by atoms with Crippen LogP contribution in [0.15, 0.2) is 47.4 Å². The van der Waals surface area contributed by atoms with Gasteiger partial charge < -0.3 is 15.8 Å². The lowest BCUT2D eigenvalue weighted by Gasteiger charge is -2.31. The molecule has 0 unspecified atom stereocenters. The van der Waals surface area contributed by atoms with E-state index in [1.54, 1.807) is 30.3 Å². The maximum Gasteiger partial charge on any atom is 0.246 e. The van der Waals surface area contributed by atoms with Crippen LogP contribution < -0.4 is 15.8 Å². The molecule has 10 heteroatoms. The first kappa shape index (κ1) is 23.1. The zero-order chi connectivity index (χ0) is 22.6. The second kappa shape index (κ2) is 9.67. The molecule has 2 aromatic rings. The average Bonchev–Trinajstić information content (AvgIpc) is 2.74. The Morgan fingerprint density at radius 2 is 1.94 bits per heavy atom. The second-order valence-electron chi connectivity index (χ2n) is 7.33. The number of rotatable bonds is 7. The van der Waals surface area contributed by atoms with E-state index in [0.717, 1.165) is 5.56 Å². The van der Waals surface area contributed by atoms with Gasteiger partial charge in [-0.2, -0.15) is 4.31 Å². The van der Waals surface area contributed by atoms with Gasteiger partial charge in [-0.15, -0.1) is 0 Å².